The summed E-state index contributed by atoms with van der Waals surface area (Å²) >= 11 is 5.96. The van der Waals surface area contributed by atoms with Gasteiger partial charge in [0.1, 0.15) is 11.7 Å². The van der Waals surface area contributed by atoms with Gasteiger partial charge in [-0.1, -0.05) is 30.7 Å². The number of furan rings is 1. The Hall–Kier alpha value is -1.48. The van der Waals surface area contributed by atoms with Crippen molar-refractivity contribution < 1.29 is 14.3 Å². The maximum absolute atomic E-state index is 11.0. The van der Waals surface area contributed by atoms with Crippen molar-refractivity contribution >= 4 is 28.5 Å². The summed E-state index contributed by atoms with van der Waals surface area (Å²) in [7, 11) is 0. The molecule has 3 nitrogen and oxygen atoms in total. The fourth-order valence-electron chi connectivity index (χ4n) is 1.72. The van der Waals surface area contributed by atoms with Crippen LogP contribution in [0.4, 0.5) is 0 Å². The number of aliphatic carboxylic acids is 1. The molecule has 2 rings (SSSR count). The molecule has 0 amide bonds. The molecule has 84 valence electrons. The predicted octanol–water partition coefficient (Wildman–Crippen LogP) is 3.66. The van der Waals surface area contributed by atoms with Crippen LogP contribution >= 0.6 is 11.6 Å². The first-order valence-corrected chi connectivity index (χ1v) is 5.42. The Bertz CT molecular complexity index is 530. The van der Waals surface area contributed by atoms with Crippen LogP contribution in [0, 0.1) is 0 Å². The van der Waals surface area contributed by atoms with Gasteiger partial charge in [0.2, 0.25) is 0 Å². The highest BCUT2D eigenvalue weighted by molar-refractivity contribution is 6.34. The van der Waals surface area contributed by atoms with E-state index in [1.165, 1.54) is 0 Å². The third kappa shape index (κ3) is 1.78. The molecule has 0 radical (unpaired) electrons. The third-order valence-corrected chi connectivity index (χ3v) is 2.86. The zero-order chi connectivity index (χ0) is 11.7. The molecule has 1 aromatic carbocycles. The summed E-state index contributed by atoms with van der Waals surface area (Å²) in [5.41, 5.74) is 0.555. The lowest BCUT2D eigenvalue weighted by Gasteiger charge is -2.04. The van der Waals surface area contributed by atoms with Crippen LogP contribution in [0.3, 0.4) is 0 Å². The molecular formula is C12H11ClO3. The maximum atomic E-state index is 11.0. The average Bonchev–Trinajstić information content (AvgIpc) is 2.63. The van der Waals surface area contributed by atoms with Crippen molar-refractivity contribution in [1.82, 2.24) is 0 Å². The molecular weight excluding hydrogens is 228 g/mol. The van der Waals surface area contributed by atoms with E-state index in [2.05, 4.69) is 0 Å². The highest BCUT2D eigenvalue weighted by atomic mass is 35.5. The number of carbonyl (C=O) groups is 1. The molecule has 1 atom stereocenters. The lowest BCUT2D eigenvalue weighted by atomic mass is 10.0. The zero-order valence-corrected chi connectivity index (χ0v) is 9.49. The van der Waals surface area contributed by atoms with Gasteiger partial charge in [-0.25, -0.2) is 0 Å². The molecule has 1 aromatic heterocycles. The molecule has 0 bridgehead atoms. The first kappa shape index (κ1) is 11.0. The van der Waals surface area contributed by atoms with Crippen molar-refractivity contribution in [3.8, 4) is 0 Å². The normalized spacial score (nSPS) is 12.9. The van der Waals surface area contributed by atoms with E-state index in [0.717, 1.165) is 5.39 Å². The first-order valence-electron chi connectivity index (χ1n) is 5.04. The molecule has 1 heterocycles. The SMILES string of the molecule is CCC(C(=O)O)c1cc2cccc(Cl)c2o1. The van der Waals surface area contributed by atoms with Crippen molar-refractivity contribution in [1.29, 1.82) is 0 Å². The summed E-state index contributed by atoms with van der Waals surface area (Å²) in [6, 6.07) is 7.12. The molecule has 0 saturated carbocycles. The van der Waals surface area contributed by atoms with E-state index < -0.39 is 11.9 Å². The van der Waals surface area contributed by atoms with Crippen molar-refractivity contribution in [2.45, 2.75) is 19.3 Å². The Morgan fingerprint density at radius 3 is 2.88 bits per heavy atom. The largest absolute Gasteiger partial charge is 0.481 e. The van der Waals surface area contributed by atoms with Gasteiger partial charge in [0.25, 0.3) is 0 Å². The second-order valence-electron chi connectivity index (χ2n) is 3.61. The number of hydrogen-bond donors (Lipinski definition) is 1. The minimum Gasteiger partial charge on any atom is -0.481 e. The van der Waals surface area contributed by atoms with Crippen molar-refractivity contribution in [2.75, 3.05) is 0 Å². The second-order valence-corrected chi connectivity index (χ2v) is 4.01. The van der Waals surface area contributed by atoms with E-state index in [-0.39, 0.29) is 0 Å². The van der Waals surface area contributed by atoms with E-state index in [1.807, 2.05) is 19.1 Å². The van der Waals surface area contributed by atoms with Crippen LogP contribution in [0.15, 0.2) is 28.7 Å². The smallest absolute Gasteiger partial charge is 0.314 e. The van der Waals surface area contributed by atoms with Crippen LogP contribution in [-0.2, 0) is 4.79 Å². The Labute approximate surface area is 97.6 Å². The monoisotopic (exact) mass is 238 g/mol. The number of rotatable bonds is 3. The predicted molar refractivity (Wildman–Crippen MR) is 61.9 cm³/mol. The van der Waals surface area contributed by atoms with Crippen molar-refractivity contribution in [3.05, 3.63) is 35.0 Å². The highest BCUT2D eigenvalue weighted by Crippen LogP contribution is 2.31. The molecule has 0 saturated heterocycles. The molecule has 16 heavy (non-hydrogen) atoms. The Morgan fingerprint density at radius 2 is 2.31 bits per heavy atom. The van der Waals surface area contributed by atoms with E-state index >= 15 is 0 Å². The summed E-state index contributed by atoms with van der Waals surface area (Å²) in [6.45, 7) is 1.81. The molecule has 0 aliphatic carbocycles. The van der Waals surface area contributed by atoms with Crippen LogP contribution in [0.2, 0.25) is 5.02 Å². The average molecular weight is 239 g/mol. The Kier molecular flexibility index (Phi) is 2.88. The van der Waals surface area contributed by atoms with Crippen LogP contribution in [-0.4, -0.2) is 11.1 Å². The standard InChI is InChI=1S/C12H11ClO3/c1-2-8(12(14)15)10-6-7-4-3-5-9(13)11(7)16-10/h3-6,8H,2H2,1H3,(H,14,15). The summed E-state index contributed by atoms with van der Waals surface area (Å²) < 4.78 is 5.50. The fraction of sp³-hybridized carbons (Fsp3) is 0.250. The number of hydrogen-bond acceptors (Lipinski definition) is 2. The van der Waals surface area contributed by atoms with Gasteiger partial charge in [-0.15, -0.1) is 0 Å². The number of carboxylic acids is 1. The lowest BCUT2D eigenvalue weighted by molar-refractivity contribution is -0.139. The van der Waals surface area contributed by atoms with E-state index in [1.54, 1.807) is 12.1 Å². The molecule has 0 aliphatic heterocycles. The summed E-state index contributed by atoms with van der Waals surface area (Å²) in [6.07, 6.45) is 0.493. The van der Waals surface area contributed by atoms with Gasteiger partial charge in [-0.05, 0) is 18.6 Å². The molecule has 1 N–H and O–H groups in total. The molecule has 1 unspecified atom stereocenters. The number of para-hydroxylation sites is 1. The topological polar surface area (TPSA) is 50.4 Å². The van der Waals surface area contributed by atoms with E-state index in [4.69, 9.17) is 21.1 Å². The molecule has 0 spiro atoms. The Morgan fingerprint density at radius 1 is 1.56 bits per heavy atom. The quantitative estimate of drug-likeness (QED) is 0.888. The molecule has 4 heteroatoms. The van der Waals surface area contributed by atoms with Gasteiger partial charge < -0.3 is 9.52 Å². The van der Waals surface area contributed by atoms with Crippen molar-refractivity contribution in [2.24, 2.45) is 0 Å². The van der Waals surface area contributed by atoms with Crippen LogP contribution in [0.1, 0.15) is 25.0 Å². The van der Waals surface area contributed by atoms with Gasteiger partial charge in [0, 0.05) is 5.39 Å². The van der Waals surface area contributed by atoms with Gasteiger partial charge in [0.15, 0.2) is 5.58 Å². The van der Waals surface area contributed by atoms with E-state index in [0.29, 0.717) is 22.8 Å². The fourth-order valence-corrected chi connectivity index (χ4v) is 1.94. The summed E-state index contributed by atoms with van der Waals surface area (Å²) in [5, 5.41) is 10.4. The van der Waals surface area contributed by atoms with Gasteiger partial charge >= 0.3 is 5.97 Å². The minimum atomic E-state index is -0.877. The molecule has 0 fully saturated rings. The van der Waals surface area contributed by atoms with Gasteiger partial charge in [0.05, 0.1) is 5.02 Å². The van der Waals surface area contributed by atoms with Gasteiger partial charge in [-0.2, -0.15) is 0 Å². The number of benzene rings is 1. The first-order chi connectivity index (χ1) is 7.63. The summed E-state index contributed by atoms with van der Waals surface area (Å²) in [4.78, 5) is 11.0. The van der Waals surface area contributed by atoms with Crippen LogP contribution in [0.25, 0.3) is 11.0 Å². The van der Waals surface area contributed by atoms with E-state index in [9.17, 15) is 4.79 Å². The Balaban J connectivity index is 2.54. The number of halogens is 1. The summed E-state index contributed by atoms with van der Waals surface area (Å²) in [5.74, 6) is -1.03. The lowest BCUT2D eigenvalue weighted by Crippen LogP contribution is -2.09. The third-order valence-electron chi connectivity index (χ3n) is 2.56. The molecule has 0 aliphatic rings. The van der Waals surface area contributed by atoms with Crippen molar-refractivity contribution in [3.63, 3.8) is 0 Å². The maximum Gasteiger partial charge on any atom is 0.314 e. The number of fused-ring (bicyclic) bond motifs is 1. The molecule has 2 aromatic rings. The van der Waals surface area contributed by atoms with Crippen LogP contribution in [0.5, 0.6) is 0 Å². The zero-order valence-electron chi connectivity index (χ0n) is 8.74. The van der Waals surface area contributed by atoms with Gasteiger partial charge in [-0.3, -0.25) is 4.79 Å². The van der Waals surface area contributed by atoms with Crippen LogP contribution < -0.4 is 0 Å². The highest BCUT2D eigenvalue weighted by Gasteiger charge is 2.22. The second kappa shape index (κ2) is 4.18. The number of carboxylic acid groups (broad SMARTS) is 1. The minimum absolute atomic E-state index is 0.457.